The summed E-state index contributed by atoms with van der Waals surface area (Å²) in [6.45, 7) is 2.92. The molecule has 2 rings (SSSR count). The van der Waals surface area contributed by atoms with Gasteiger partial charge in [0.25, 0.3) is 0 Å². The molecule has 0 N–H and O–H groups in total. The average molecular weight is 710 g/mol. The van der Waals surface area contributed by atoms with Crippen molar-refractivity contribution in [3.05, 3.63) is 21.3 Å². The molecule has 0 aliphatic rings. The summed E-state index contributed by atoms with van der Waals surface area (Å²) in [5.74, 6) is -0.264. The first kappa shape index (κ1) is 18.8. The van der Waals surface area contributed by atoms with Crippen LogP contribution in [0.25, 0.3) is 9.78 Å². The van der Waals surface area contributed by atoms with Gasteiger partial charge in [-0.25, -0.2) is 0 Å². The van der Waals surface area contributed by atoms with Gasteiger partial charge in [-0.15, -0.1) is 0 Å². The van der Waals surface area contributed by atoms with Crippen LogP contribution in [0.2, 0.25) is 0 Å². The van der Waals surface area contributed by atoms with Crippen LogP contribution in [0.15, 0.2) is 6.07 Å². The van der Waals surface area contributed by atoms with Crippen LogP contribution in [0.3, 0.4) is 0 Å². The minimum atomic E-state index is -4.09. The topological polar surface area (TPSA) is 61.1 Å². The summed E-state index contributed by atoms with van der Waals surface area (Å²) in [6, 6.07) is 2.21. The number of hydrogen-bond acceptors (Lipinski definition) is 3. The van der Waals surface area contributed by atoms with E-state index in [-0.39, 0.29) is 5.75 Å². The second-order valence-electron chi connectivity index (χ2n) is 4.58. The predicted molar refractivity (Wildman–Crippen MR) is 108 cm³/mol. The summed E-state index contributed by atoms with van der Waals surface area (Å²) in [4.78, 5) is 0. The summed E-state index contributed by atoms with van der Waals surface area (Å²) in [5, 5.41) is 0. The molecule has 9 heteroatoms. The molecule has 0 fully saturated rings. The third-order valence-corrected chi connectivity index (χ3v) is 12.1. The zero-order chi connectivity index (χ0) is 15.8. The zero-order valence-electron chi connectivity index (χ0n) is 11.0. The average Bonchev–Trinajstić information content (AvgIpc) is 2.68. The number of nitrogens with zero attached hydrogens (tertiary/aromatic N) is 1. The molecule has 0 aliphatic heterocycles. The molecule has 0 atom stereocenters. The molecule has 0 amide bonds. The van der Waals surface area contributed by atoms with Gasteiger partial charge in [0.1, 0.15) is 0 Å². The number of rotatable bonds is 5. The van der Waals surface area contributed by atoms with E-state index in [1.807, 2.05) is 0 Å². The summed E-state index contributed by atoms with van der Waals surface area (Å²) < 4.78 is 40.9. The molecule has 1 aromatic carbocycles. The molecule has 0 bridgehead atoms. The van der Waals surface area contributed by atoms with Crippen molar-refractivity contribution in [3.63, 3.8) is 0 Å². The Balaban J connectivity index is 2.26. The van der Waals surface area contributed by atoms with Crippen LogP contribution in [-0.4, -0.2) is 33.2 Å². The Hall–Kier alpha value is 1.51. The SMILES string of the molecule is Cc1[se]c2c(I)c(I)c(I)cc2[n+]1CCCCS(=O)(=O)[O-]. The second-order valence-corrected chi connectivity index (χ2v) is 11.9. The molecule has 0 radical (unpaired) electrons. The third-order valence-electron chi connectivity index (χ3n) is 3.04. The van der Waals surface area contributed by atoms with E-state index in [9.17, 15) is 13.0 Å². The molecule has 1 aromatic heterocycles. The number of aryl methyl sites for hydroxylation is 2. The summed E-state index contributed by atoms with van der Waals surface area (Å²) in [5.41, 5.74) is 1.26. The summed E-state index contributed by atoms with van der Waals surface area (Å²) in [7, 11) is -4.09. The normalized spacial score (nSPS) is 12.2. The fraction of sp³-hybridized carbons (Fsp3) is 0.417. The fourth-order valence-corrected chi connectivity index (χ4v) is 7.90. The van der Waals surface area contributed by atoms with E-state index >= 15 is 0 Å². The molecular weight excluding hydrogens is 698 g/mol. The Morgan fingerprint density at radius 3 is 2.52 bits per heavy atom. The standard InChI is InChI=1S/C12H12I3NO3SSe/c1-7-16(4-2-3-5-20(17,18)19)9-6-8(13)10(14)11(15)12(9)21-7/h6H,2-5H2,1H3. The molecule has 0 aliphatic carbocycles. The third kappa shape index (κ3) is 4.75. The van der Waals surface area contributed by atoms with Crippen molar-refractivity contribution in [1.29, 1.82) is 0 Å². The Kier molecular flexibility index (Phi) is 6.82. The predicted octanol–water partition coefficient (Wildman–Crippen LogP) is 2.63. The van der Waals surface area contributed by atoms with Gasteiger partial charge in [0.05, 0.1) is 0 Å². The first-order valence-electron chi connectivity index (χ1n) is 6.10. The first-order chi connectivity index (χ1) is 9.70. The molecule has 0 spiro atoms. The van der Waals surface area contributed by atoms with Crippen molar-refractivity contribution in [2.45, 2.75) is 26.3 Å². The Labute approximate surface area is 171 Å². The number of hydrogen-bond donors (Lipinski definition) is 0. The Morgan fingerprint density at radius 1 is 1.24 bits per heavy atom. The van der Waals surface area contributed by atoms with Crippen molar-refractivity contribution in [2.24, 2.45) is 0 Å². The number of benzene rings is 1. The van der Waals surface area contributed by atoms with E-state index in [2.05, 4.69) is 85.3 Å². The van der Waals surface area contributed by atoms with E-state index in [0.29, 0.717) is 27.3 Å². The minimum absolute atomic E-state index is 0.264. The van der Waals surface area contributed by atoms with Gasteiger partial charge in [0.2, 0.25) is 0 Å². The van der Waals surface area contributed by atoms with Crippen LogP contribution in [0, 0.1) is 17.6 Å². The van der Waals surface area contributed by atoms with E-state index in [1.54, 1.807) is 0 Å². The van der Waals surface area contributed by atoms with E-state index < -0.39 is 10.1 Å². The van der Waals surface area contributed by atoms with Crippen LogP contribution in [0.1, 0.15) is 17.4 Å². The molecule has 0 saturated carbocycles. The molecule has 0 saturated heterocycles. The van der Waals surface area contributed by atoms with Crippen molar-refractivity contribution in [3.8, 4) is 0 Å². The maximum absolute atomic E-state index is 10.6. The van der Waals surface area contributed by atoms with E-state index in [1.165, 1.54) is 25.1 Å². The number of aromatic nitrogens is 1. The van der Waals surface area contributed by atoms with Gasteiger partial charge in [0.15, 0.2) is 0 Å². The van der Waals surface area contributed by atoms with Crippen LogP contribution < -0.4 is 4.57 Å². The summed E-state index contributed by atoms with van der Waals surface area (Å²) >= 11 is 7.49. The van der Waals surface area contributed by atoms with Gasteiger partial charge in [-0.1, -0.05) is 0 Å². The van der Waals surface area contributed by atoms with Gasteiger partial charge < -0.3 is 0 Å². The van der Waals surface area contributed by atoms with Crippen LogP contribution in [0.4, 0.5) is 0 Å². The quantitative estimate of drug-likeness (QED) is 0.120. The molecule has 116 valence electrons. The van der Waals surface area contributed by atoms with Gasteiger partial charge in [-0.2, -0.15) is 0 Å². The number of fused-ring (bicyclic) bond motifs is 1. The van der Waals surface area contributed by atoms with Gasteiger partial charge in [-0.05, 0) is 0 Å². The Morgan fingerprint density at radius 2 is 1.90 bits per heavy atom. The number of unbranched alkanes of at least 4 members (excludes halogenated alkanes) is 1. The molecular formula is C12H12I3NO3SSe. The maximum atomic E-state index is 10.6. The second kappa shape index (κ2) is 7.60. The van der Waals surface area contributed by atoms with Crippen LogP contribution in [0.5, 0.6) is 0 Å². The van der Waals surface area contributed by atoms with Crippen LogP contribution >= 0.6 is 67.8 Å². The molecule has 21 heavy (non-hydrogen) atoms. The molecule has 1 heterocycles. The van der Waals surface area contributed by atoms with Crippen molar-refractivity contribution < 1.29 is 17.5 Å². The van der Waals surface area contributed by atoms with Gasteiger partial charge in [-0.3, -0.25) is 0 Å². The van der Waals surface area contributed by atoms with Gasteiger partial charge >= 0.3 is 173 Å². The van der Waals surface area contributed by atoms with E-state index in [0.717, 1.165) is 6.54 Å². The van der Waals surface area contributed by atoms with Crippen molar-refractivity contribution in [1.82, 2.24) is 0 Å². The van der Waals surface area contributed by atoms with E-state index in [4.69, 9.17) is 0 Å². The monoisotopic (exact) mass is 711 g/mol. The first-order valence-corrected chi connectivity index (χ1v) is 12.6. The molecule has 4 nitrogen and oxygen atoms in total. The molecule has 0 unspecified atom stereocenters. The summed E-state index contributed by atoms with van der Waals surface area (Å²) in [6.07, 6.45) is 1.14. The molecule has 2 aromatic rings. The zero-order valence-corrected chi connectivity index (χ0v) is 20.0. The van der Waals surface area contributed by atoms with Crippen molar-refractivity contribution >= 4 is 102 Å². The van der Waals surface area contributed by atoms with Gasteiger partial charge in [0, 0.05) is 0 Å². The van der Waals surface area contributed by atoms with Crippen LogP contribution in [-0.2, 0) is 16.7 Å². The number of halogens is 3. The van der Waals surface area contributed by atoms with Crippen molar-refractivity contribution in [2.75, 3.05) is 5.75 Å². The Bertz CT molecular complexity index is 789. The fourth-order valence-electron chi connectivity index (χ4n) is 2.06.